The van der Waals surface area contributed by atoms with Crippen molar-refractivity contribution in [1.82, 2.24) is 41.1 Å². The van der Waals surface area contributed by atoms with E-state index in [1.807, 2.05) is 48.5 Å². The van der Waals surface area contributed by atoms with Crippen LogP contribution in [0.25, 0.3) is 34.2 Å². The van der Waals surface area contributed by atoms with Crippen LogP contribution in [0, 0.1) is 11.6 Å². The zero-order valence-electron chi connectivity index (χ0n) is 62.9. The number of methoxy groups -OCH3 is 2. The Morgan fingerprint density at radius 1 is 0.460 bits per heavy atom. The Labute approximate surface area is 730 Å². The number of amides is 2. The molecule has 2 amide bonds. The van der Waals surface area contributed by atoms with Gasteiger partial charge in [0.05, 0.1) is 62.1 Å². The van der Waals surface area contributed by atoms with E-state index < -0.39 is 65.5 Å². The molecule has 0 aliphatic carbocycles. The van der Waals surface area contributed by atoms with Crippen molar-refractivity contribution in [2.75, 3.05) is 20.8 Å². The molecule has 0 aliphatic heterocycles. The molecule has 124 heavy (non-hydrogen) atoms. The summed E-state index contributed by atoms with van der Waals surface area (Å²) in [5.74, 6) is -2.89. The second-order valence-corrected chi connectivity index (χ2v) is 26.9. The molecule has 0 unspecified atom stereocenters. The average molecular weight is 1850 g/mol. The van der Waals surface area contributed by atoms with E-state index in [-0.39, 0.29) is 146 Å². The molecule has 9 N–H and O–H groups in total. The highest BCUT2D eigenvalue weighted by atomic mass is 35.5. The highest BCUT2D eigenvalue weighted by molar-refractivity contribution is 6.58. The molecule has 0 saturated heterocycles. The molecule has 0 spiro atoms. The van der Waals surface area contributed by atoms with E-state index in [4.69, 9.17) is 132 Å². The van der Waals surface area contributed by atoms with Crippen molar-refractivity contribution in [2.24, 2.45) is 5.73 Å². The second kappa shape index (κ2) is 46.7. The predicted molar refractivity (Wildman–Crippen MR) is 443 cm³/mol. The van der Waals surface area contributed by atoms with E-state index in [9.17, 15) is 59.7 Å². The van der Waals surface area contributed by atoms with Gasteiger partial charge in [-0.05, 0) is 168 Å². The van der Waals surface area contributed by atoms with Crippen molar-refractivity contribution < 1.29 is 122 Å². The molecular weight excluding hydrogens is 1780 g/mol. The molecule has 654 valence electrons. The van der Waals surface area contributed by atoms with Crippen LogP contribution >= 0.6 is 69.6 Å². The first-order valence-electron chi connectivity index (χ1n) is 34.7. The third kappa shape index (κ3) is 28.8. The van der Waals surface area contributed by atoms with Gasteiger partial charge in [0.2, 0.25) is 17.5 Å². The van der Waals surface area contributed by atoms with Gasteiger partial charge in [-0.3, -0.25) is 14.3 Å². The predicted octanol–water partition coefficient (Wildman–Crippen LogP) is 19.5. The number of nitrogens with zero attached hydrogens (tertiary/aromatic N) is 6. The van der Waals surface area contributed by atoms with E-state index >= 15 is 0 Å². The van der Waals surface area contributed by atoms with E-state index in [1.54, 1.807) is 93.9 Å². The molecule has 10 aromatic carbocycles. The number of aromatic hydroxyl groups is 3. The molecule has 0 atom stereocenters. The maximum Gasteiger partial charge on any atom is 0.488 e. The van der Waals surface area contributed by atoms with Crippen LogP contribution in [0.4, 0.5) is 39.8 Å². The molecular formula is C82H71BCl6F9N9O17. The largest absolute Gasteiger partial charge is 0.508 e. The van der Waals surface area contributed by atoms with Crippen LogP contribution in [0.15, 0.2) is 208 Å². The summed E-state index contributed by atoms with van der Waals surface area (Å²) < 4.78 is 148. The van der Waals surface area contributed by atoms with E-state index in [0.717, 1.165) is 45.9 Å². The monoisotopic (exact) mass is 1850 g/mol. The summed E-state index contributed by atoms with van der Waals surface area (Å²) in [5, 5.41) is 62.5. The Morgan fingerprint density at radius 2 is 0.798 bits per heavy atom. The number of benzene rings is 10. The number of alkyl halides is 6. The smallest absolute Gasteiger partial charge is 0.488 e. The van der Waals surface area contributed by atoms with Crippen molar-refractivity contribution in [3.8, 4) is 85.9 Å². The molecule has 13 aromatic rings. The van der Waals surface area contributed by atoms with Crippen molar-refractivity contribution in [2.45, 2.75) is 67.0 Å². The molecule has 13 rings (SSSR count). The fourth-order valence-corrected chi connectivity index (χ4v) is 11.5. The third-order valence-electron chi connectivity index (χ3n) is 16.0. The lowest BCUT2D eigenvalue weighted by Gasteiger charge is -2.11. The molecule has 0 aliphatic rings. The highest BCUT2D eigenvalue weighted by Crippen LogP contribution is 2.41. The van der Waals surface area contributed by atoms with Crippen molar-refractivity contribution >= 4 is 100.0 Å². The maximum absolute atomic E-state index is 13.4. The first-order chi connectivity index (χ1) is 57.6. The number of nitrogens with one attached hydrogen (secondary N) is 2. The number of phenolic OH excluding ortho intramolecular Hbond substituents is 3. The topological polar surface area (TPSA) is 375 Å². The number of rotatable bonds is 23. The quantitative estimate of drug-likeness (QED) is 0.0167. The van der Waals surface area contributed by atoms with Crippen LogP contribution in [-0.2, 0) is 49.9 Å². The number of carbonyl (C=O) groups is 3. The van der Waals surface area contributed by atoms with Crippen LogP contribution in [0.3, 0.4) is 0 Å². The fraction of sp³-hybridized carbons (Fsp3) is 0.159. The standard InChI is InChI=1S/C24H19Cl2N3O5.C23H13Cl2F4N3O4.C19H16Cl2N2O5.C7H5BF4O2.C7H9NO.2CH4.FH/c1-32-18-8-4-15(5-9-18)13-33-21-19(25)10-16(11-20(21)26)22-28-24(34-29-22)23(31)27-12-14-2-6-17(30)7-3-14;24-16-7-12(8-17(25)19(16)33)20-31-22(36-32-20)21(34)30-10-11-1-3-13(4-2-11)35-14-5-6-18(26)15(9-14)23(27,28)29;1-3-26-19(24)18-22-17(23-28-18)12-8-14(20)16(15(21)9-12)27-10-11-4-6-13(25-2)7-5-11;9-6-2-1-4(8(13)14)3-5(6)7(10,11)12;8-5-6-1-3-7(9)4-2-6;;;/h2-11,30H,12-13H2,1H3,(H,27,31);1-9,33H,10H2,(H,30,34);4-9H,3,10H2,1-2H3;1-3,13-14H;1-4,9H,5,8H2;2*1H4;1H. The van der Waals surface area contributed by atoms with Crippen LogP contribution in [0.2, 0.25) is 30.1 Å². The molecule has 0 fully saturated rings. The van der Waals surface area contributed by atoms with Crippen LogP contribution in [0.1, 0.15) is 92.8 Å². The van der Waals surface area contributed by atoms with Gasteiger partial charge in [-0.25, -0.2) is 13.6 Å². The number of phenols is 3. The number of esters is 1. The molecule has 0 bridgehead atoms. The molecule has 0 radical (unpaired) electrons. The second-order valence-electron chi connectivity index (χ2n) is 24.5. The van der Waals surface area contributed by atoms with Gasteiger partial charge in [0.15, 0.2) is 17.2 Å². The molecule has 42 heteroatoms. The summed E-state index contributed by atoms with van der Waals surface area (Å²) >= 11 is 37.1. The minimum Gasteiger partial charge on any atom is -0.508 e. The van der Waals surface area contributed by atoms with Crippen LogP contribution < -0.4 is 45.5 Å². The summed E-state index contributed by atoms with van der Waals surface area (Å²) in [7, 11) is 1.16. The first-order valence-corrected chi connectivity index (χ1v) is 36.9. The number of hydrogen-bond donors (Lipinski definition) is 8. The van der Waals surface area contributed by atoms with Gasteiger partial charge in [0, 0.05) is 36.3 Å². The van der Waals surface area contributed by atoms with E-state index in [1.165, 1.54) is 36.4 Å². The van der Waals surface area contributed by atoms with E-state index in [2.05, 4.69) is 41.1 Å². The minimum absolute atomic E-state index is 0. The summed E-state index contributed by atoms with van der Waals surface area (Å²) in [6.07, 6.45) is -9.69. The number of hydrogen-bond acceptors (Lipinski definition) is 24. The number of ether oxygens (including phenoxy) is 6. The van der Waals surface area contributed by atoms with Gasteiger partial charge in [-0.1, -0.05) is 167 Å². The fourth-order valence-electron chi connectivity index (χ4n) is 9.86. The summed E-state index contributed by atoms with van der Waals surface area (Å²) in [4.78, 5) is 48.4. The van der Waals surface area contributed by atoms with E-state index in [0.29, 0.717) is 64.6 Å². The number of aromatic nitrogens is 6. The number of carbonyl (C=O) groups excluding carboxylic acids is 3. The third-order valence-corrected chi connectivity index (χ3v) is 17.7. The SMILES string of the molecule is C.C.CCOC(=O)c1nc(-c2cc(Cl)c(OCc3ccc(OC)cc3)c(Cl)c2)no1.COc1ccc(COc2c(Cl)cc(-c3noc(C(=O)NCc4ccc(O)cc4)n3)cc2Cl)cc1.F.NCc1ccc(O)cc1.O=C(NCc1ccc(Oc2ccc(F)c(C(F)(F)F)c2)cc1)c1nc(-c2cc(Cl)c(O)c(Cl)c2)no1.OB(O)c1ccc(F)c(C(F)(F)F)c1. The zero-order valence-corrected chi connectivity index (χ0v) is 67.4. The van der Waals surface area contributed by atoms with Crippen molar-refractivity contribution in [3.05, 3.63) is 293 Å². The van der Waals surface area contributed by atoms with Crippen LogP contribution in [-0.4, -0.2) is 102 Å². The Kier molecular flexibility index (Phi) is 37.7. The first kappa shape index (κ1) is 100. The molecule has 26 nitrogen and oxygen atoms in total. The Hall–Kier alpha value is -12.5. The molecule has 0 saturated carbocycles. The number of halogens is 15. The maximum atomic E-state index is 13.4. The average Bonchev–Trinajstić information content (AvgIpc) is 1.49. The van der Waals surface area contributed by atoms with Gasteiger partial charge >= 0.3 is 54.9 Å². The van der Waals surface area contributed by atoms with Crippen LogP contribution in [0.5, 0.6) is 51.7 Å². The number of nitrogens with two attached hydrogens (primary N) is 1. The van der Waals surface area contributed by atoms with Gasteiger partial charge in [-0.2, -0.15) is 41.3 Å². The zero-order chi connectivity index (χ0) is 87.8. The Balaban J connectivity index is 0.000000253. The Bertz CT molecular complexity index is 5630. The van der Waals surface area contributed by atoms with Crippen molar-refractivity contribution in [1.29, 1.82) is 0 Å². The van der Waals surface area contributed by atoms with Crippen molar-refractivity contribution in [3.63, 3.8) is 0 Å². The van der Waals surface area contributed by atoms with Gasteiger partial charge < -0.3 is 83.7 Å². The Morgan fingerprint density at radius 3 is 1.18 bits per heavy atom. The molecule has 3 heterocycles. The lowest BCUT2D eigenvalue weighted by molar-refractivity contribution is -0.140. The normalized spacial score (nSPS) is 10.6. The summed E-state index contributed by atoms with van der Waals surface area (Å²) in [6, 6.07) is 47.4. The van der Waals surface area contributed by atoms with Gasteiger partial charge in [0.1, 0.15) is 59.3 Å². The van der Waals surface area contributed by atoms with Gasteiger partial charge in [0.25, 0.3) is 0 Å². The van der Waals surface area contributed by atoms with Gasteiger partial charge in [-0.15, -0.1) is 0 Å². The minimum atomic E-state index is -4.85. The highest BCUT2D eigenvalue weighted by Gasteiger charge is 2.36. The summed E-state index contributed by atoms with van der Waals surface area (Å²) in [5.41, 5.74) is 7.54. The molecule has 3 aromatic heterocycles. The summed E-state index contributed by atoms with van der Waals surface area (Å²) in [6.45, 7) is 3.24. The lowest BCUT2D eigenvalue weighted by Crippen LogP contribution is -2.31. The lowest BCUT2D eigenvalue weighted by atomic mass is 9.79.